The van der Waals surface area contributed by atoms with Crippen molar-refractivity contribution < 1.29 is 27.2 Å². The SMILES string of the molecule is CS(C)=O.O.O=S(=O)(O)O. The molecule has 0 aromatic heterocycles. The summed E-state index contributed by atoms with van der Waals surface area (Å²) in [7, 11) is -5.28. The second kappa shape index (κ2) is 7.09. The smallest absolute Gasteiger partial charge is 0.394 e. The highest BCUT2D eigenvalue weighted by atomic mass is 32.3. The van der Waals surface area contributed by atoms with Gasteiger partial charge in [-0.1, -0.05) is 0 Å². The highest BCUT2D eigenvalue weighted by Gasteiger charge is 1.84. The van der Waals surface area contributed by atoms with Crippen LogP contribution in [-0.2, 0) is 21.2 Å². The lowest BCUT2D eigenvalue weighted by Crippen LogP contribution is -1.89. The van der Waals surface area contributed by atoms with E-state index in [4.69, 9.17) is 17.5 Å². The van der Waals surface area contributed by atoms with Gasteiger partial charge in [0.2, 0.25) is 0 Å². The molecule has 8 heteroatoms. The first-order chi connectivity index (χ1) is 3.73. The molecule has 0 saturated carbocycles. The molecule has 0 radical (unpaired) electrons. The van der Waals surface area contributed by atoms with Crippen molar-refractivity contribution in [3.05, 3.63) is 0 Å². The van der Waals surface area contributed by atoms with E-state index in [2.05, 4.69) is 0 Å². The van der Waals surface area contributed by atoms with E-state index >= 15 is 0 Å². The number of hydrogen-bond acceptors (Lipinski definition) is 3. The summed E-state index contributed by atoms with van der Waals surface area (Å²) in [5.41, 5.74) is 0. The monoisotopic (exact) mass is 194 g/mol. The van der Waals surface area contributed by atoms with Gasteiger partial charge in [-0.05, 0) is 0 Å². The van der Waals surface area contributed by atoms with Crippen LogP contribution in [0.3, 0.4) is 0 Å². The van der Waals surface area contributed by atoms with Gasteiger partial charge in [-0.25, -0.2) is 0 Å². The van der Waals surface area contributed by atoms with Gasteiger partial charge in [-0.3, -0.25) is 13.3 Å². The molecule has 0 atom stereocenters. The summed E-state index contributed by atoms with van der Waals surface area (Å²) < 4.78 is 41.1. The van der Waals surface area contributed by atoms with Crippen LogP contribution < -0.4 is 0 Å². The normalized spacial score (nSPS) is 9.30. The maximum Gasteiger partial charge on any atom is 0.394 e. The van der Waals surface area contributed by atoms with E-state index in [9.17, 15) is 4.21 Å². The van der Waals surface area contributed by atoms with Crippen molar-refractivity contribution in [2.75, 3.05) is 12.5 Å². The van der Waals surface area contributed by atoms with Gasteiger partial charge in [0.05, 0.1) is 0 Å². The summed E-state index contributed by atoms with van der Waals surface area (Å²) in [5.74, 6) is 0. The van der Waals surface area contributed by atoms with Crippen molar-refractivity contribution in [2.45, 2.75) is 0 Å². The Hall–Kier alpha value is -0.0200. The molecule has 0 spiro atoms. The van der Waals surface area contributed by atoms with Crippen molar-refractivity contribution in [1.82, 2.24) is 0 Å². The van der Waals surface area contributed by atoms with E-state index in [0.29, 0.717) is 0 Å². The van der Waals surface area contributed by atoms with Gasteiger partial charge in [0.15, 0.2) is 0 Å². The fraction of sp³-hybridized carbons (Fsp3) is 1.00. The van der Waals surface area contributed by atoms with E-state index in [0.717, 1.165) is 0 Å². The topological polar surface area (TPSA) is 123 Å². The van der Waals surface area contributed by atoms with E-state index in [-0.39, 0.29) is 5.48 Å². The maximum atomic E-state index is 9.56. The summed E-state index contributed by atoms with van der Waals surface area (Å²) in [6, 6.07) is 0. The summed E-state index contributed by atoms with van der Waals surface area (Å²) in [5, 5.41) is 0. The maximum absolute atomic E-state index is 9.56. The molecular formula is C2H10O6S2. The third kappa shape index (κ3) is 972000. The Morgan fingerprint density at radius 3 is 1.20 bits per heavy atom. The summed E-state index contributed by atoms with van der Waals surface area (Å²) in [6.07, 6.45) is 3.28. The van der Waals surface area contributed by atoms with Crippen molar-refractivity contribution in [2.24, 2.45) is 0 Å². The van der Waals surface area contributed by atoms with Crippen molar-refractivity contribution in [1.29, 1.82) is 0 Å². The minimum atomic E-state index is -4.67. The van der Waals surface area contributed by atoms with Gasteiger partial charge in [-0.15, -0.1) is 0 Å². The Balaban J connectivity index is -0.0000000910. The van der Waals surface area contributed by atoms with Crippen LogP contribution in [0.15, 0.2) is 0 Å². The predicted molar refractivity (Wildman–Crippen MR) is 37.8 cm³/mol. The fourth-order valence-electron chi connectivity index (χ4n) is 0. The molecule has 0 aromatic carbocycles. The van der Waals surface area contributed by atoms with Crippen LogP contribution in [0.2, 0.25) is 0 Å². The second-order valence-electron chi connectivity index (χ2n) is 1.19. The highest BCUT2D eigenvalue weighted by molar-refractivity contribution is 7.83. The summed E-state index contributed by atoms with van der Waals surface area (Å²) >= 11 is 0. The van der Waals surface area contributed by atoms with E-state index in [1.807, 2.05) is 0 Å². The molecule has 10 heavy (non-hydrogen) atoms. The molecule has 6 nitrogen and oxygen atoms in total. The molecule has 0 rings (SSSR count). The molecule has 0 heterocycles. The quantitative estimate of drug-likeness (QED) is 0.455. The summed E-state index contributed by atoms with van der Waals surface area (Å²) in [6.45, 7) is 0. The molecule has 0 aliphatic heterocycles. The standard InChI is InChI=1S/C2H6OS.H2O4S.H2O/c1-4(2)3;1-5(2,3)4;/h1-2H3;(H2,1,2,3,4);1H2. The second-order valence-corrected chi connectivity index (χ2v) is 3.57. The first-order valence-electron chi connectivity index (χ1n) is 1.68. The average molecular weight is 194 g/mol. The van der Waals surface area contributed by atoms with Gasteiger partial charge in [0, 0.05) is 23.3 Å². The molecule has 0 unspecified atom stereocenters. The van der Waals surface area contributed by atoms with E-state index in [1.165, 1.54) is 0 Å². The Bertz CT molecular complexity index is 156. The lowest BCUT2D eigenvalue weighted by molar-refractivity contribution is 0.381. The molecule has 0 aliphatic carbocycles. The summed E-state index contributed by atoms with van der Waals surface area (Å²) in [4.78, 5) is 0. The van der Waals surface area contributed by atoms with Gasteiger partial charge in [0.1, 0.15) is 0 Å². The zero-order chi connectivity index (χ0) is 8.08. The van der Waals surface area contributed by atoms with Crippen molar-refractivity contribution >= 4 is 21.2 Å². The van der Waals surface area contributed by atoms with Crippen LogP contribution in [0.5, 0.6) is 0 Å². The molecule has 0 amide bonds. The van der Waals surface area contributed by atoms with E-state index < -0.39 is 21.2 Å². The van der Waals surface area contributed by atoms with Crippen LogP contribution >= 0.6 is 0 Å². The third-order valence-corrected chi connectivity index (χ3v) is 0. The van der Waals surface area contributed by atoms with Crippen LogP contribution in [0.4, 0.5) is 0 Å². The molecule has 0 bridgehead atoms. The lowest BCUT2D eigenvalue weighted by Gasteiger charge is -1.68. The van der Waals surface area contributed by atoms with Crippen molar-refractivity contribution in [3.8, 4) is 0 Å². The molecule has 0 saturated heterocycles. The van der Waals surface area contributed by atoms with Gasteiger partial charge >= 0.3 is 10.4 Å². The minimum absolute atomic E-state index is 0. The largest absolute Gasteiger partial charge is 0.412 e. The molecule has 0 aliphatic rings. The fourth-order valence-corrected chi connectivity index (χ4v) is 0. The van der Waals surface area contributed by atoms with Crippen LogP contribution in [0.1, 0.15) is 0 Å². The highest BCUT2D eigenvalue weighted by Crippen LogP contribution is 1.59. The third-order valence-electron chi connectivity index (χ3n) is 0. The Labute approximate surface area is 61.6 Å². The van der Waals surface area contributed by atoms with Crippen molar-refractivity contribution in [3.63, 3.8) is 0 Å². The van der Waals surface area contributed by atoms with Crippen LogP contribution in [0, 0.1) is 0 Å². The molecule has 0 fully saturated rings. The first kappa shape index (κ1) is 16.5. The van der Waals surface area contributed by atoms with Crippen LogP contribution in [0.25, 0.3) is 0 Å². The lowest BCUT2D eigenvalue weighted by atomic mass is 11.9. The average Bonchev–Trinajstić information content (AvgIpc) is 1.19. The van der Waals surface area contributed by atoms with Gasteiger partial charge < -0.3 is 5.48 Å². The Kier molecular flexibility index (Phi) is 11.7. The van der Waals surface area contributed by atoms with E-state index in [1.54, 1.807) is 12.5 Å². The van der Waals surface area contributed by atoms with Crippen LogP contribution in [-0.4, -0.2) is 39.7 Å². The Morgan fingerprint density at radius 2 is 1.20 bits per heavy atom. The number of hydrogen-bond donors (Lipinski definition) is 2. The zero-order valence-corrected chi connectivity index (χ0v) is 7.07. The first-order valence-corrected chi connectivity index (χ1v) is 5.04. The van der Waals surface area contributed by atoms with Gasteiger partial charge in [-0.2, -0.15) is 8.42 Å². The molecule has 4 N–H and O–H groups in total. The predicted octanol–water partition coefficient (Wildman–Crippen LogP) is -1.48. The Morgan fingerprint density at radius 1 is 1.20 bits per heavy atom. The minimum Gasteiger partial charge on any atom is -0.412 e. The zero-order valence-electron chi connectivity index (χ0n) is 5.44. The number of rotatable bonds is 0. The molecular weight excluding hydrogens is 184 g/mol. The van der Waals surface area contributed by atoms with Gasteiger partial charge in [0.25, 0.3) is 0 Å². The molecule has 66 valence electrons. The molecule has 0 aromatic rings.